The lowest BCUT2D eigenvalue weighted by Gasteiger charge is -2.19. The number of nitrogens with two attached hydrogens (primary N) is 1. The van der Waals surface area contributed by atoms with E-state index in [1.165, 1.54) is 0 Å². The molecule has 0 bridgehead atoms. The monoisotopic (exact) mass is 186 g/mol. The molecule has 13 heavy (non-hydrogen) atoms. The summed E-state index contributed by atoms with van der Waals surface area (Å²) in [6.45, 7) is 8.98. The van der Waals surface area contributed by atoms with Gasteiger partial charge in [0.05, 0.1) is 11.9 Å². The fourth-order valence-corrected chi connectivity index (χ4v) is 0.784. The highest BCUT2D eigenvalue weighted by Gasteiger charge is 2.16. The summed E-state index contributed by atoms with van der Waals surface area (Å²) in [5.74, 6) is 0.719. The first-order valence-electron chi connectivity index (χ1n) is 4.70. The first-order valence-corrected chi connectivity index (χ1v) is 4.70. The average Bonchev–Trinajstić information content (AvgIpc) is 1.99. The molecule has 0 rings (SSSR count). The van der Waals surface area contributed by atoms with Gasteiger partial charge in [0.2, 0.25) is 0 Å². The molecule has 0 heterocycles. The fraction of sp³-hybridized carbons (Fsp3) is 0.900. The molecule has 0 amide bonds. The molecule has 3 nitrogen and oxygen atoms in total. The van der Waals surface area contributed by atoms with E-state index >= 15 is 0 Å². The Morgan fingerprint density at radius 2 is 2.00 bits per heavy atom. The Balaban J connectivity index is 4.06. The van der Waals surface area contributed by atoms with Crippen molar-refractivity contribution in [3.63, 3.8) is 0 Å². The van der Waals surface area contributed by atoms with Gasteiger partial charge in [-0.25, -0.2) is 0 Å². The van der Waals surface area contributed by atoms with Crippen LogP contribution in [0.3, 0.4) is 0 Å². The molecule has 0 fully saturated rings. The van der Waals surface area contributed by atoms with Gasteiger partial charge in [0, 0.05) is 19.1 Å². The Morgan fingerprint density at radius 3 is 2.38 bits per heavy atom. The second-order valence-electron chi connectivity index (χ2n) is 4.39. The first kappa shape index (κ1) is 12.4. The van der Waals surface area contributed by atoms with Gasteiger partial charge in [-0.1, -0.05) is 20.8 Å². The van der Waals surface area contributed by atoms with Crippen LogP contribution in [0.1, 0.15) is 34.1 Å². The van der Waals surface area contributed by atoms with E-state index in [1.54, 1.807) is 7.11 Å². The molecule has 0 aliphatic carbocycles. The smallest absolute Gasteiger partial charge is 0.0994 e. The molecular formula is C10H22N2O. The number of hydrogen-bond donors (Lipinski definition) is 1. The molecule has 0 aromatic carbocycles. The highest BCUT2D eigenvalue weighted by Crippen LogP contribution is 2.14. The predicted octanol–water partition coefficient (Wildman–Crippen LogP) is 1.81. The van der Waals surface area contributed by atoms with Crippen LogP contribution in [0, 0.1) is 5.41 Å². The molecule has 2 N–H and O–H groups in total. The molecule has 1 unspecified atom stereocenters. The number of nitrogens with zero attached hydrogens (tertiary/aromatic N) is 1. The van der Waals surface area contributed by atoms with Crippen LogP contribution in [-0.4, -0.2) is 25.6 Å². The van der Waals surface area contributed by atoms with Crippen molar-refractivity contribution in [2.24, 2.45) is 16.1 Å². The molecule has 0 saturated carbocycles. The lowest BCUT2D eigenvalue weighted by Crippen LogP contribution is -2.30. The van der Waals surface area contributed by atoms with E-state index in [-0.39, 0.29) is 11.5 Å². The molecule has 0 aromatic rings. The molecule has 0 aromatic heterocycles. The average molecular weight is 186 g/mol. The molecule has 1 atom stereocenters. The lowest BCUT2D eigenvalue weighted by molar-refractivity contribution is 0.190. The third kappa shape index (κ3) is 5.64. The largest absolute Gasteiger partial charge is 0.387 e. The summed E-state index contributed by atoms with van der Waals surface area (Å²) < 4.78 is 4.97. The topological polar surface area (TPSA) is 47.6 Å². The number of rotatable bonds is 4. The first-order chi connectivity index (χ1) is 5.88. The Morgan fingerprint density at radius 1 is 1.46 bits per heavy atom. The number of amidine groups is 1. The van der Waals surface area contributed by atoms with E-state index in [2.05, 4.69) is 32.7 Å². The van der Waals surface area contributed by atoms with Crippen molar-refractivity contribution in [3.8, 4) is 0 Å². The summed E-state index contributed by atoms with van der Waals surface area (Å²) in [7, 11) is 1.70. The fourth-order valence-electron chi connectivity index (χ4n) is 0.784. The molecule has 0 aliphatic heterocycles. The van der Waals surface area contributed by atoms with Gasteiger partial charge in [-0.05, 0) is 13.3 Å². The van der Waals surface area contributed by atoms with Crippen LogP contribution in [0.25, 0.3) is 0 Å². The Hall–Kier alpha value is -0.570. The van der Waals surface area contributed by atoms with Crippen LogP contribution in [0.15, 0.2) is 4.99 Å². The van der Waals surface area contributed by atoms with Crippen molar-refractivity contribution in [2.75, 3.05) is 13.7 Å². The van der Waals surface area contributed by atoms with E-state index in [9.17, 15) is 0 Å². The summed E-state index contributed by atoms with van der Waals surface area (Å²) in [5, 5.41) is 0. The van der Waals surface area contributed by atoms with Gasteiger partial charge >= 0.3 is 0 Å². The second-order valence-corrected chi connectivity index (χ2v) is 4.39. The van der Waals surface area contributed by atoms with Gasteiger partial charge in [0.25, 0.3) is 0 Å². The van der Waals surface area contributed by atoms with E-state index < -0.39 is 0 Å². The standard InChI is InChI=1S/C10H22N2O/c1-8(6-7-13-5)12-9(11)10(2,3)4/h8H,6-7H2,1-5H3,(H2,11,12). The van der Waals surface area contributed by atoms with Crippen molar-refractivity contribution < 1.29 is 4.74 Å². The molecular weight excluding hydrogens is 164 g/mol. The summed E-state index contributed by atoms with van der Waals surface area (Å²) in [5.41, 5.74) is 5.81. The predicted molar refractivity (Wildman–Crippen MR) is 57.0 cm³/mol. The van der Waals surface area contributed by atoms with Crippen LogP contribution in [-0.2, 0) is 4.74 Å². The van der Waals surface area contributed by atoms with E-state index in [4.69, 9.17) is 10.5 Å². The highest BCUT2D eigenvalue weighted by molar-refractivity contribution is 5.85. The molecule has 0 saturated heterocycles. The molecule has 3 heteroatoms. The van der Waals surface area contributed by atoms with Gasteiger partial charge in [-0.2, -0.15) is 0 Å². The van der Waals surface area contributed by atoms with Crippen molar-refractivity contribution >= 4 is 5.84 Å². The summed E-state index contributed by atoms with van der Waals surface area (Å²) in [6, 6.07) is 0.249. The molecule has 0 radical (unpaired) electrons. The maximum absolute atomic E-state index is 5.83. The highest BCUT2D eigenvalue weighted by atomic mass is 16.5. The van der Waals surface area contributed by atoms with Crippen molar-refractivity contribution in [1.29, 1.82) is 0 Å². The summed E-state index contributed by atoms with van der Waals surface area (Å²) in [4.78, 5) is 4.40. The number of ether oxygens (including phenoxy) is 1. The zero-order valence-corrected chi connectivity index (χ0v) is 9.42. The van der Waals surface area contributed by atoms with Crippen LogP contribution in [0.2, 0.25) is 0 Å². The zero-order chi connectivity index (χ0) is 10.5. The van der Waals surface area contributed by atoms with Gasteiger partial charge < -0.3 is 10.5 Å². The quantitative estimate of drug-likeness (QED) is 0.537. The number of methoxy groups -OCH3 is 1. The Kier molecular flexibility index (Phi) is 4.99. The van der Waals surface area contributed by atoms with Crippen LogP contribution in [0.5, 0.6) is 0 Å². The summed E-state index contributed by atoms with van der Waals surface area (Å²) in [6.07, 6.45) is 0.924. The van der Waals surface area contributed by atoms with Gasteiger partial charge in [0.1, 0.15) is 0 Å². The van der Waals surface area contributed by atoms with Crippen molar-refractivity contribution in [3.05, 3.63) is 0 Å². The lowest BCUT2D eigenvalue weighted by atomic mass is 9.95. The Bertz CT molecular complexity index is 170. The maximum Gasteiger partial charge on any atom is 0.0994 e. The van der Waals surface area contributed by atoms with Crippen LogP contribution in [0.4, 0.5) is 0 Å². The second kappa shape index (κ2) is 5.22. The van der Waals surface area contributed by atoms with Crippen molar-refractivity contribution in [2.45, 2.75) is 40.2 Å². The van der Waals surface area contributed by atoms with Gasteiger partial charge in [0.15, 0.2) is 0 Å². The number of aliphatic imine (C=N–C) groups is 1. The van der Waals surface area contributed by atoms with E-state index in [0.717, 1.165) is 18.9 Å². The zero-order valence-electron chi connectivity index (χ0n) is 9.42. The summed E-state index contributed by atoms with van der Waals surface area (Å²) >= 11 is 0. The number of hydrogen-bond acceptors (Lipinski definition) is 2. The maximum atomic E-state index is 5.83. The molecule has 0 aliphatic rings. The SMILES string of the molecule is COCCC(C)N=C(N)C(C)(C)C. The Labute approximate surface area is 81.4 Å². The molecule has 0 spiro atoms. The minimum atomic E-state index is -0.0265. The van der Waals surface area contributed by atoms with Crippen molar-refractivity contribution in [1.82, 2.24) is 0 Å². The normalized spacial score (nSPS) is 15.9. The van der Waals surface area contributed by atoms with E-state index in [1.807, 2.05) is 0 Å². The van der Waals surface area contributed by atoms with Gasteiger partial charge in [-0.3, -0.25) is 4.99 Å². The minimum absolute atomic E-state index is 0.0265. The molecule has 78 valence electrons. The van der Waals surface area contributed by atoms with E-state index in [0.29, 0.717) is 0 Å². The minimum Gasteiger partial charge on any atom is -0.387 e. The van der Waals surface area contributed by atoms with Crippen LogP contribution < -0.4 is 5.73 Å². The third-order valence-corrected chi connectivity index (χ3v) is 1.87. The third-order valence-electron chi connectivity index (χ3n) is 1.87. The van der Waals surface area contributed by atoms with Gasteiger partial charge in [-0.15, -0.1) is 0 Å². The van der Waals surface area contributed by atoms with Crippen LogP contribution >= 0.6 is 0 Å².